The van der Waals surface area contributed by atoms with Gasteiger partial charge in [0.05, 0.1) is 19.8 Å². The molecule has 0 aliphatic carbocycles. The van der Waals surface area contributed by atoms with Crippen LogP contribution in [0.25, 0.3) is 0 Å². The molecule has 0 bridgehead atoms. The first kappa shape index (κ1) is 21.8. The Hall–Kier alpha value is -3.49. The zero-order chi connectivity index (χ0) is 21.2. The smallest absolute Gasteiger partial charge is 0.333 e. The Morgan fingerprint density at radius 2 is 1.86 bits per heavy atom. The number of carbonyl (C=O) groups excluding carboxylic acids is 2. The molecule has 0 fully saturated rings. The molecule has 156 valence electrons. The number of halogens is 1. The molecule has 2 aromatic carbocycles. The third-order valence-corrected chi connectivity index (χ3v) is 3.53. The summed E-state index contributed by atoms with van der Waals surface area (Å²) in [5.74, 6) is 0.356. The van der Waals surface area contributed by atoms with E-state index in [1.807, 2.05) is 13.8 Å². The first-order valence-corrected chi connectivity index (χ1v) is 8.96. The van der Waals surface area contributed by atoms with Crippen LogP contribution in [0.4, 0.5) is 9.18 Å². The lowest BCUT2D eigenvalue weighted by Gasteiger charge is -2.14. The third kappa shape index (κ3) is 7.21. The molecule has 29 heavy (non-hydrogen) atoms. The van der Waals surface area contributed by atoms with E-state index in [1.54, 1.807) is 18.2 Å². The van der Waals surface area contributed by atoms with Gasteiger partial charge >= 0.3 is 6.03 Å². The monoisotopic (exact) mass is 405 g/mol. The van der Waals surface area contributed by atoms with Crippen LogP contribution < -0.4 is 30.4 Å². The molecule has 0 radical (unpaired) electrons. The lowest BCUT2D eigenvalue weighted by Crippen LogP contribution is -2.47. The highest BCUT2D eigenvalue weighted by atomic mass is 19.1. The first-order chi connectivity index (χ1) is 13.9. The number of rotatable bonds is 8. The van der Waals surface area contributed by atoms with E-state index < -0.39 is 17.8 Å². The van der Waals surface area contributed by atoms with Crippen molar-refractivity contribution >= 4 is 11.9 Å². The number of ether oxygens (including phenoxy) is 3. The number of amides is 3. The van der Waals surface area contributed by atoms with E-state index in [9.17, 15) is 14.0 Å². The number of hydrogen-bond acceptors (Lipinski definition) is 5. The highest BCUT2D eigenvalue weighted by Crippen LogP contribution is 2.28. The van der Waals surface area contributed by atoms with Gasteiger partial charge in [-0.2, -0.15) is 0 Å². The number of methoxy groups -OCH3 is 1. The molecule has 0 spiro atoms. The predicted molar refractivity (Wildman–Crippen MR) is 105 cm³/mol. The van der Waals surface area contributed by atoms with E-state index in [0.717, 1.165) is 0 Å². The minimum absolute atomic E-state index is 0.0427. The van der Waals surface area contributed by atoms with Crippen LogP contribution >= 0.6 is 0 Å². The number of benzene rings is 2. The molecule has 0 saturated carbocycles. The normalized spacial score (nSPS) is 10.2. The number of hydrazine groups is 1. The minimum Gasteiger partial charge on any atom is -0.493 e. The minimum atomic E-state index is -0.618. The van der Waals surface area contributed by atoms with Crippen LogP contribution in [0.5, 0.6) is 17.2 Å². The van der Waals surface area contributed by atoms with Crippen LogP contribution in [0.1, 0.15) is 24.2 Å². The Bertz CT molecular complexity index is 845. The average Bonchev–Trinajstić information content (AvgIpc) is 2.69. The predicted octanol–water partition coefficient (Wildman–Crippen LogP) is 2.64. The SMILES string of the molecule is COc1cc(C(=O)NNC(=O)NCCOc2cccc(F)c2)ccc1OC(C)C. The quantitative estimate of drug-likeness (QED) is 0.463. The molecule has 0 unspecified atom stereocenters. The molecule has 0 aliphatic rings. The van der Waals surface area contributed by atoms with E-state index in [2.05, 4.69) is 16.2 Å². The standard InChI is InChI=1S/C20H24FN3O5/c1-13(2)29-17-8-7-14(11-18(17)27-3)19(25)23-24-20(26)22-9-10-28-16-6-4-5-15(21)12-16/h4-8,11-13H,9-10H2,1-3H3,(H,23,25)(H2,22,24,26). The molecule has 3 amide bonds. The number of hydrogen-bond donors (Lipinski definition) is 3. The van der Waals surface area contributed by atoms with Crippen molar-refractivity contribution in [3.8, 4) is 17.2 Å². The topological polar surface area (TPSA) is 97.9 Å². The van der Waals surface area contributed by atoms with Crippen molar-refractivity contribution in [2.75, 3.05) is 20.3 Å². The molecule has 9 heteroatoms. The van der Waals surface area contributed by atoms with Crippen molar-refractivity contribution < 1.29 is 28.2 Å². The van der Waals surface area contributed by atoms with Gasteiger partial charge in [0, 0.05) is 11.6 Å². The van der Waals surface area contributed by atoms with E-state index in [4.69, 9.17) is 14.2 Å². The Balaban J connectivity index is 1.75. The fourth-order valence-electron chi connectivity index (χ4n) is 2.28. The van der Waals surface area contributed by atoms with Gasteiger partial charge in [0.15, 0.2) is 11.5 Å². The second-order valence-electron chi connectivity index (χ2n) is 6.17. The van der Waals surface area contributed by atoms with Crippen molar-refractivity contribution in [2.45, 2.75) is 20.0 Å². The van der Waals surface area contributed by atoms with Crippen LogP contribution in [0, 0.1) is 5.82 Å². The van der Waals surface area contributed by atoms with Gasteiger partial charge in [0.2, 0.25) is 0 Å². The summed E-state index contributed by atoms with van der Waals surface area (Å²) in [6.45, 7) is 4.06. The highest BCUT2D eigenvalue weighted by molar-refractivity contribution is 5.95. The molecule has 3 N–H and O–H groups in total. The molecule has 0 aromatic heterocycles. The van der Waals surface area contributed by atoms with Crippen LogP contribution in [-0.4, -0.2) is 38.3 Å². The molecule has 0 aliphatic heterocycles. The number of carbonyl (C=O) groups is 2. The molecule has 2 aromatic rings. The molecule has 0 saturated heterocycles. The summed E-state index contributed by atoms with van der Waals surface area (Å²) in [5, 5.41) is 2.50. The van der Waals surface area contributed by atoms with Gasteiger partial charge in [-0.05, 0) is 44.2 Å². The lowest BCUT2D eigenvalue weighted by molar-refractivity contribution is 0.0935. The lowest BCUT2D eigenvalue weighted by atomic mass is 10.2. The summed E-state index contributed by atoms with van der Waals surface area (Å²) >= 11 is 0. The van der Waals surface area contributed by atoms with Gasteiger partial charge in [0.1, 0.15) is 18.2 Å². The van der Waals surface area contributed by atoms with Gasteiger partial charge in [-0.1, -0.05) is 6.07 Å². The third-order valence-electron chi connectivity index (χ3n) is 3.53. The van der Waals surface area contributed by atoms with E-state index in [0.29, 0.717) is 17.2 Å². The zero-order valence-corrected chi connectivity index (χ0v) is 16.5. The Morgan fingerprint density at radius 3 is 2.55 bits per heavy atom. The van der Waals surface area contributed by atoms with Crippen molar-refractivity contribution in [3.05, 3.63) is 53.8 Å². The maximum Gasteiger partial charge on any atom is 0.333 e. The second kappa shape index (κ2) is 10.7. The summed E-state index contributed by atoms with van der Waals surface area (Å²) in [6, 6.07) is 9.76. The maximum absolute atomic E-state index is 13.0. The fourth-order valence-corrected chi connectivity index (χ4v) is 2.28. The molecule has 0 heterocycles. The first-order valence-electron chi connectivity index (χ1n) is 8.96. The van der Waals surface area contributed by atoms with Crippen molar-refractivity contribution in [2.24, 2.45) is 0 Å². The summed E-state index contributed by atoms with van der Waals surface area (Å²) in [5.41, 5.74) is 4.81. The molecule has 8 nitrogen and oxygen atoms in total. The van der Waals surface area contributed by atoms with Crippen molar-refractivity contribution in [1.29, 1.82) is 0 Å². The summed E-state index contributed by atoms with van der Waals surface area (Å²) in [7, 11) is 1.47. The Labute approximate surface area is 168 Å². The fraction of sp³-hybridized carbons (Fsp3) is 0.300. The van der Waals surface area contributed by atoms with Gasteiger partial charge in [0.25, 0.3) is 5.91 Å². The average molecular weight is 405 g/mol. The van der Waals surface area contributed by atoms with Crippen LogP contribution in [-0.2, 0) is 0 Å². The van der Waals surface area contributed by atoms with Gasteiger partial charge < -0.3 is 19.5 Å². The maximum atomic E-state index is 13.0. The van der Waals surface area contributed by atoms with E-state index in [-0.39, 0.29) is 24.8 Å². The Morgan fingerprint density at radius 1 is 1.07 bits per heavy atom. The summed E-state index contributed by atoms with van der Waals surface area (Å²) < 4.78 is 29.2. The van der Waals surface area contributed by atoms with Gasteiger partial charge in [-0.15, -0.1) is 0 Å². The van der Waals surface area contributed by atoms with Gasteiger partial charge in [-0.3, -0.25) is 10.2 Å². The van der Waals surface area contributed by atoms with Crippen LogP contribution in [0.3, 0.4) is 0 Å². The number of urea groups is 1. The van der Waals surface area contributed by atoms with Crippen molar-refractivity contribution in [1.82, 2.24) is 16.2 Å². The zero-order valence-electron chi connectivity index (χ0n) is 16.5. The largest absolute Gasteiger partial charge is 0.493 e. The van der Waals surface area contributed by atoms with E-state index in [1.165, 1.54) is 31.4 Å². The molecule has 2 rings (SSSR count). The highest BCUT2D eigenvalue weighted by Gasteiger charge is 2.13. The molecular formula is C20H24FN3O5. The molecule has 0 atom stereocenters. The van der Waals surface area contributed by atoms with Crippen LogP contribution in [0.15, 0.2) is 42.5 Å². The summed E-state index contributed by atoms with van der Waals surface area (Å²) in [4.78, 5) is 23.9. The van der Waals surface area contributed by atoms with Crippen molar-refractivity contribution in [3.63, 3.8) is 0 Å². The van der Waals surface area contributed by atoms with E-state index >= 15 is 0 Å². The van der Waals surface area contributed by atoms with Gasteiger partial charge in [-0.25, -0.2) is 14.6 Å². The second-order valence-corrected chi connectivity index (χ2v) is 6.17. The number of nitrogens with one attached hydrogen (secondary N) is 3. The molecular weight excluding hydrogens is 381 g/mol. The van der Waals surface area contributed by atoms with Crippen LogP contribution in [0.2, 0.25) is 0 Å². The summed E-state index contributed by atoms with van der Waals surface area (Å²) in [6.07, 6.45) is -0.0427. The Kier molecular flexibility index (Phi) is 8.08.